The van der Waals surface area contributed by atoms with Gasteiger partial charge < -0.3 is 10.4 Å². The van der Waals surface area contributed by atoms with E-state index >= 15 is 0 Å². The van der Waals surface area contributed by atoms with Gasteiger partial charge in [0.25, 0.3) is 0 Å². The summed E-state index contributed by atoms with van der Waals surface area (Å²) < 4.78 is 0.463. The summed E-state index contributed by atoms with van der Waals surface area (Å²) in [6.45, 7) is 3.57. The zero-order valence-electron chi connectivity index (χ0n) is 10.5. The van der Waals surface area contributed by atoms with E-state index in [0.717, 1.165) is 6.20 Å². The van der Waals surface area contributed by atoms with Crippen LogP contribution in [0.3, 0.4) is 0 Å². The van der Waals surface area contributed by atoms with Gasteiger partial charge in [0.1, 0.15) is 11.9 Å². The van der Waals surface area contributed by atoms with Gasteiger partial charge in [0.05, 0.1) is 9.40 Å². The number of hydrogen-bond donors (Lipinski definition) is 2. The van der Waals surface area contributed by atoms with Gasteiger partial charge in [0.15, 0.2) is 0 Å². The Labute approximate surface area is 118 Å². The number of carboxylic acid groups (broad SMARTS) is 1. The van der Waals surface area contributed by atoms with Crippen LogP contribution in [0.1, 0.15) is 26.7 Å². The highest BCUT2D eigenvalue weighted by molar-refractivity contribution is 9.10. The quantitative estimate of drug-likeness (QED) is 0.613. The molecule has 0 spiro atoms. The van der Waals surface area contributed by atoms with E-state index < -0.39 is 16.4 Å². The summed E-state index contributed by atoms with van der Waals surface area (Å²) in [5.41, 5.74) is -0.444. The van der Waals surface area contributed by atoms with E-state index in [1.165, 1.54) is 6.20 Å². The molecule has 1 heterocycles. The second kappa shape index (κ2) is 5.96. The smallest absolute Gasteiger partial charge is 0.311 e. The summed E-state index contributed by atoms with van der Waals surface area (Å²) in [6.07, 6.45) is 2.92. The molecular weight excluding hydrogens is 318 g/mol. The van der Waals surface area contributed by atoms with E-state index in [-0.39, 0.29) is 12.1 Å². The fourth-order valence-corrected chi connectivity index (χ4v) is 1.93. The van der Waals surface area contributed by atoms with Crippen LogP contribution in [0, 0.1) is 10.1 Å². The maximum absolute atomic E-state index is 10.9. The molecule has 19 heavy (non-hydrogen) atoms. The maximum Gasteiger partial charge on any atom is 0.311 e. The van der Waals surface area contributed by atoms with Crippen molar-refractivity contribution < 1.29 is 14.8 Å². The number of pyridine rings is 1. The molecule has 1 aromatic rings. The lowest BCUT2D eigenvalue weighted by atomic mass is 9.98. The normalized spacial score (nSPS) is 11.1. The fourth-order valence-electron chi connectivity index (χ4n) is 1.51. The first-order valence-electron chi connectivity index (χ1n) is 5.51. The van der Waals surface area contributed by atoms with Crippen LogP contribution >= 0.6 is 15.9 Å². The van der Waals surface area contributed by atoms with Crippen molar-refractivity contribution in [2.24, 2.45) is 0 Å². The van der Waals surface area contributed by atoms with Gasteiger partial charge in [-0.25, -0.2) is 0 Å². The SMILES string of the molecule is CC(C)(CCC(=O)O)Nc1c(Br)cncc1[N+](=O)[O-]. The molecule has 0 radical (unpaired) electrons. The van der Waals surface area contributed by atoms with Crippen molar-refractivity contribution >= 4 is 33.3 Å². The molecular formula is C11H14BrN3O4. The monoisotopic (exact) mass is 331 g/mol. The molecule has 0 bridgehead atoms. The predicted octanol–water partition coefficient (Wildman–Crippen LogP) is 2.81. The van der Waals surface area contributed by atoms with Crippen LogP contribution in [-0.2, 0) is 4.79 Å². The standard InChI is InChI=1S/C11H14BrN3O4/c1-11(2,4-3-9(16)17)14-10-7(12)5-13-6-8(10)15(18)19/h5-6H,3-4H2,1-2H3,(H,13,14)(H,16,17). The first-order chi connectivity index (χ1) is 8.73. The van der Waals surface area contributed by atoms with Gasteiger partial charge in [-0.1, -0.05) is 0 Å². The van der Waals surface area contributed by atoms with Gasteiger partial charge in [-0.2, -0.15) is 0 Å². The van der Waals surface area contributed by atoms with Crippen molar-refractivity contribution in [3.8, 4) is 0 Å². The minimum Gasteiger partial charge on any atom is -0.481 e. The number of nitrogens with one attached hydrogen (secondary N) is 1. The highest BCUT2D eigenvalue weighted by Crippen LogP contribution is 2.34. The molecule has 8 heteroatoms. The van der Waals surface area contributed by atoms with Crippen molar-refractivity contribution in [1.82, 2.24) is 4.98 Å². The number of rotatable bonds is 6. The maximum atomic E-state index is 10.9. The average Bonchev–Trinajstić information content (AvgIpc) is 2.29. The topological polar surface area (TPSA) is 105 Å². The third-order valence-electron chi connectivity index (χ3n) is 2.50. The number of aliphatic carboxylic acids is 1. The van der Waals surface area contributed by atoms with Crippen molar-refractivity contribution in [2.75, 3.05) is 5.32 Å². The Morgan fingerprint density at radius 3 is 2.74 bits per heavy atom. The minimum atomic E-state index is -0.904. The van der Waals surface area contributed by atoms with Crippen LogP contribution in [0.5, 0.6) is 0 Å². The third kappa shape index (κ3) is 4.47. The summed E-state index contributed by atoms with van der Waals surface area (Å²) >= 11 is 3.20. The zero-order valence-corrected chi connectivity index (χ0v) is 12.1. The molecule has 0 amide bonds. The molecule has 7 nitrogen and oxygen atoms in total. The molecule has 0 saturated heterocycles. The number of aromatic nitrogens is 1. The molecule has 1 rings (SSSR count). The van der Waals surface area contributed by atoms with Crippen LogP contribution in [0.2, 0.25) is 0 Å². The van der Waals surface area contributed by atoms with Crippen molar-refractivity contribution in [3.63, 3.8) is 0 Å². The van der Waals surface area contributed by atoms with E-state index in [0.29, 0.717) is 16.6 Å². The number of anilines is 1. The summed E-state index contributed by atoms with van der Waals surface area (Å²) in [5.74, 6) is -0.904. The van der Waals surface area contributed by atoms with Gasteiger partial charge in [-0.3, -0.25) is 19.9 Å². The number of nitro groups is 1. The Bertz CT molecular complexity index is 505. The van der Waals surface area contributed by atoms with Crippen LogP contribution in [0.15, 0.2) is 16.9 Å². The molecule has 0 saturated carbocycles. The minimum absolute atomic E-state index is 0.0174. The lowest BCUT2D eigenvalue weighted by molar-refractivity contribution is -0.384. The van der Waals surface area contributed by atoms with Gasteiger partial charge >= 0.3 is 11.7 Å². The Kier molecular flexibility index (Phi) is 4.82. The Hall–Kier alpha value is -1.70. The van der Waals surface area contributed by atoms with E-state index in [9.17, 15) is 14.9 Å². The number of hydrogen-bond acceptors (Lipinski definition) is 5. The molecule has 104 valence electrons. The number of carbonyl (C=O) groups is 1. The fraction of sp³-hybridized carbons (Fsp3) is 0.455. The number of nitrogens with zero attached hydrogens (tertiary/aromatic N) is 2. The average molecular weight is 332 g/mol. The van der Waals surface area contributed by atoms with Gasteiger partial charge in [0, 0.05) is 18.2 Å². The first kappa shape index (κ1) is 15.4. The van der Waals surface area contributed by atoms with E-state index in [1.54, 1.807) is 13.8 Å². The molecule has 0 atom stereocenters. The second-order valence-electron chi connectivity index (χ2n) is 4.68. The first-order valence-corrected chi connectivity index (χ1v) is 6.30. The van der Waals surface area contributed by atoms with Gasteiger partial charge in [-0.15, -0.1) is 0 Å². The largest absolute Gasteiger partial charge is 0.481 e. The van der Waals surface area contributed by atoms with E-state index in [2.05, 4.69) is 26.2 Å². The molecule has 0 aliphatic heterocycles. The molecule has 0 aliphatic carbocycles. The third-order valence-corrected chi connectivity index (χ3v) is 3.10. The summed E-state index contributed by atoms with van der Waals surface area (Å²) in [7, 11) is 0. The lowest BCUT2D eigenvalue weighted by Gasteiger charge is -2.27. The number of carboxylic acids is 1. The van der Waals surface area contributed by atoms with Crippen molar-refractivity contribution in [2.45, 2.75) is 32.2 Å². The summed E-state index contributed by atoms with van der Waals surface area (Å²) in [6, 6.07) is 0. The van der Waals surface area contributed by atoms with Gasteiger partial charge in [-0.05, 0) is 36.2 Å². The highest BCUT2D eigenvalue weighted by Gasteiger charge is 2.25. The summed E-state index contributed by atoms with van der Waals surface area (Å²) in [5, 5.41) is 22.6. The highest BCUT2D eigenvalue weighted by atomic mass is 79.9. The summed E-state index contributed by atoms with van der Waals surface area (Å²) in [4.78, 5) is 24.7. The molecule has 2 N–H and O–H groups in total. The Morgan fingerprint density at radius 1 is 1.58 bits per heavy atom. The zero-order chi connectivity index (χ0) is 14.6. The number of halogens is 1. The van der Waals surface area contributed by atoms with Crippen LogP contribution in [0.25, 0.3) is 0 Å². The Morgan fingerprint density at radius 2 is 2.21 bits per heavy atom. The van der Waals surface area contributed by atoms with Crippen LogP contribution in [-0.4, -0.2) is 26.5 Å². The van der Waals surface area contributed by atoms with Crippen LogP contribution < -0.4 is 5.32 Å². The van der Waals surface area contributed by atoms with Crippen molar-refractivity contribution in [1.29, 1.82) is 0 Å². The predicted molar refractivity (Wildman–Crippen MR) is 73.2 cm³/mol. The molecule has 0 aliphatic rings. The van der Waals surface area contributed by atoms with Crippen LogP contribution in [0.4, 0.5) is 11.4 Å². The Balaban J connectivity index is 2.98. The van der Waals surface area contributed by atoms with E-state index in [4.69, 9.17) is 5.11 Å². The molecule has 0 fully saturated rings. The molecule has 0 aromatic carbocycles. The second-order valence-corrected chi connectivity index (χ2v) is 5.53. The van der Waals surface area contributed by atoms with E-state index in [1.807, 2.05) is 0 Å². The lowest BCUT2D eigenvalue weighted by Crippen LogP contribution is -2.32. The molecule has 1 aromatic heterocycles. The van der Waals surface area contributed by atoms with Crippen molar-refractivity contribution in [3.05, 3.63) is 27.0 Å². The molecule has 0 unspecified atom stereocenters. The van der Waals surface area contributed by atoms with Gasteiger partial charge in [0.2, 0.25) is 0 Å².